The maximum atomic E-state index is 13.3. The Morgan fingerprint density at radius 1 is 1.10 bits per heavy atom. The lowest BCUT2D eigenvalue weighted by molar-refractivity contribution is -0.114. The number of nitrogens with zero attached hydrogens (tertiary/aromatic N) is 2. The highest BCUT2D eigenvalue weighted by Crippen LogP contribution is 2.31. The van der Waals surface area contributed by atoms with Crippen LogP contribution in [0.15, 0.2) is 67.0 Å². The molecule has 0 spiro atoms. The van der Waals surface area contributed by atoms with E-state index in [0.717, 1.165) is 22.4 Å². The SMILES string of the molecule is CC(=O)Nc1cccc(C(=O)N2Cc3cc(-c4cccnc4)ccc3OC[C@@H]2C)c1. The summed E-state index contributed by atoms with van der Waals surface area (Å²) in [4.78, 5) is 30.7. The topological polar surface area (TPSA) is 71.5 Å². The normalized spacial score (nSPS) is 15.5. The van der Waals surface area contributed by atoms with Gasteiger partial charge in [-0.1, -0.05) is 18.2 Å². The number of pyridine rings is 1. The second-order valence-electron chi connectivity index (χ2n) is 7.42. The molecule has 0 saturated carbocycles. The van der Waals surface area contributed by atoms with Crippen molar-refractivity contribution in [2.45, 2.75) is 26.4 Å². The number of nitrogens with one attached hydrogen (secondary N) is 1. The molecule has 1 atom stereocenters. The molecule has 1 N–H and O–H groups in total. The van der Waals surface area contributed by atoms with Crippen LogP contribution in [0.1, 0.15) is 29.8 Å². The summed E-state index contributed by atoms with van der Waals surface area (Å²) in [6.45, 7) is 4.27. The van der Waals surface area contributed by atoms with E-state index in [9.17, 15) is 9.59 Å². The van der Waals surface area contributed by atoms with Gasteiger partial charge in [-0.25, -0.2) is 0 Å². The lowest BCUT2D eigenvalue weighted by atomic mass is 10.0. The number of carbonyl (C=O) groups is 2. The summed E-state index contributed by atoms with van der Waals surface area (Å²) < 4.78 is 5.98. The highest BCUT2D eigenvalue weighted by molar-refractivity contribution is 5.97. The summed E-state index contributed by atoms with van der Waals surface area (Å²) in [7, 11) is 0. The molecule has 2 heterocycles. The van der Waals surface area contributed by atoms with Gasteiger partial charge in [-0.3, -0.25) is 14.6 Å². The van der Waals surface area contributed by atoms with Crippen molar-refractivity contribution < 1.29 is 14.3 Å². The summed E-state index contributed by atoms with van der Waals surface area (Å²) >= 11 is 0. The molecule has 0 aliphatic carbocycles. The molecule has 0 saturated heterocycles. The predicted molar refractivity (Wildman–Crippen MR) is 115 cm³/mol. The van der Waals surface area contributed by atoms with Gasteiger partial charge in [0.15, 0.2) is 0 Å². The molecular weight excluding hydrogens is 378 g/mol. The molecule has 2 amide bonds. The number of fused-ring (bicyclic) bond motifs is 1. The second kappa shape index (κ2) is 8.37. The van der Waals surface area contributed by atoms with Gasteiger partial charge < -0.3 is 15.0 Å². The Kier molecular flexibility index (Phi) is 5.48. The minimum Gasteiger partial charge on any atom is -0.491 e. The maximum absolute atomic E-state index is 13.3. The number of carbonyl (C=O) groups excluding carboxylic acids is 2. The lowest BCUT2D eigenvalue weighted by Crippen LogP contribution is -2.39. The van der Waals surface area contributed by atoms with Gasteiger partial charge in [0.05, 0.1) is 12.6 Å². The molecule has 1 aliphatic rings. The number of benzene rings is 2. The van der Waals surface area contributed by atoms with Crippen molar-refractivity contribution in [2.24, 2.45) is 0 Å². The van der Waals surface area contributed by atoms with Crippen molar-refractivity contribution in [2.75, 3.05) is 11.9 Å². The first-order valence-corrected chi connectivity index (χ1v) is 9.86. The Balaban J connectivity index is 1.64. The molecule has 2 aromatic carbocycles. The van der Waals surface area contributed by atoms with Crippen molar-refractivity contribution in [3.8, 4) is 16.9 Å². The monoisotopic (exact) mass is 401 g/mol. The van der Waals surface area contributed by atoms with Gasteiger partial charge in [0, 0.05) is 41.7 Å². The van der Waals surface area contributed by atoms with Crippen molar-refractivity contribution in [1.82, 2.24) is 9.88 Å². The Bertz CT molecular complexity index is 1080. The average molecular weight is 401 g/mol. The minimum atomic E-state index is -0.173. The lowest BCUT2D eigenvalue weighted by Gasteiger charge is -2.26. The Labute approximate surface area is 175 Å². The molecule has 0 bridgehead atoms. The van der Waals surface area contributed by atoms with E-state index < -0.39 is 0 Å². The van der Waals surface area contributed by atoms with Crippen molar-refractivity contribution >= 4 is 17.5 Å². The van der Waals surface area contributed by atoms with Crippen LogP contribution in [-0.2, 0) is 11.3 Å². The zero-order valence-corrected chi connectivity index (χ0v) is 17.0. The second-order valence-corrected chi connectivity index (χ2v) is 7.42. The smallest absolute Gasteiger partial charge is 0.254 e. The number of aromatic nitrogens is 1. The van der Waals surface area contributed by atoms with E-state index in [1.807, 2.05) is 42.3 Å². The van der Waals surface area contributed by atoms with Crippen LogP contribution in [0.4, 0.5) is 5.69 Å². The molecule has 0 fully saturated rings. The van der Waals surface area contributed by atoms with Crippen LogP contribution in [0.3, 0.4) is 0 Å². The van der Waals surface area contributed by atoms with Gasteiger partial charge in [0.1, 0.15) is 12.4 Å². The van der Waals surface area contributed by atoms with Gasteiger partial charge >= 0.3 is 0 Å². The number of ether oxygens (including phenoxy) is 1. The first kappa shape index (κ1) is 19.6. The summed E-state index contributed by atoms with van der Waals surface area (Å²) in [5.74, 6) is 0.516. The van der Waals surface area contributed by atoms with Gasteiger partial charge in [-0.15, -0.1) is 0 Å². The molecule has 3 aromatic rings. The standard InChI is InChI=1S/C24H23N3O3/c1-16-15-30-23-9-8-18(20-6-4-10-25-13-20)11-21(23)14-27(16)24(29)19-5-3-7-22(12-19)26-17(2)28/h3-13,16H,14-15H2,1-2H3,(H,26,28)/t16-/m0/s1. The van der Waals surface area contributed by atoms with Gasteiger partial charge in [-0.2, -0.15) is 0 Å². The fraction of sp³-hybridized carbons (Fsp3) is 0.208. The van der Waals surface area contributed by atoms with Crippen LogP contribution in [0.25, 0.3) is 11.1 Å². The third-order valence-electron chi connectivity index (χ3n) is 5.10. The molecule has 6 nitrogen and oxygen atoms in total. The third-order valence-corrected chi connectivity index (χ3v) is 5.10. The number of amides is 2. The molecule has 1 aliphatic heterocycles. The van der Waals surface area contributed by atoms with Crippen LogP contribution in [0, 0.1) is 0 Å². The first-order valence-electron chi connectivity index (χ1n) is 9.86. The van der Waals surface area contributed by atoms with Crippen LogP contribution in [0.5, 0.6) is 5.75 Å². The molecule has 0 radical (unpaired) electrons. The maximum Gasteiger partial charge on any atom is 0.254 e. The summed E-state index contributed by atoms with van der Waals surface area (Å²) in [6.07, 6.45) is 3.56. The molecule has 6 heteroatoms. The fourth-order valence-electron chi connectivity index (χ4n) is 3.57. The van der Waals surface area contributed by atoms with E-state index in [4.69, 9.17) is 4.74 Å². The molecule has 30 heavy (non-hydrogen) atoms. The molecule has 152 valence electrons. The predicted octanol–water partition coefficient (Wildman–Crippen LogP) is 4.13. The van der Waals surface area contributed by atoms with E-state index in [1.165, 1.54) is 6.92 Å². The molecule has 1 aromatic heterocycles. The average Bonchev–Trinajstić information content (AvgIpc) is 2.92. The zero-order chi connectivity index (χ0) is 21.1. The highest BCUT2D eigenvalue weighted by Gasteiger charge is 2.27. The minimum absolute atomic E-state index is 0.0991. The van der Waals surface area contributed by atoms with Crippen LogP contribution in [-0.4, -0.2) is 34.3 Å². The van der Waals surface area contributed by atoms with Gasteiger partial charge in [0.25, 0.3) is 5.91 Å². The van der Waals surface area contributed by atoms with E-state index in [-0.39, 0.29) is 17.9 Å². The van der Waals surface area contributed by atoms with Crippen LogP contribution < -0.4 is 10.1 Å². The van der Waals surface area contributed by atoms with E-state index in [1.54, 1.807) is 30.5 Å². The van der Waals surface area contributed by atoms with E-state index in [2.05, 4.69) is 16.4 Å². The number of anilines is 1. The highest BCUT2D eigenvalue weighted by atomic mass is 16.5. The Morgan fingerprint density at radius 2 is 1.97 bits per heavy atom. The molecule has 4 rings (SSSR count). The summed E-state index contributed by atoms with van der Waals surface area (Å²) in [5.41, 5.74) is 4.12. The van der Waals surface area contributed by atoms with Crippen LogP contribution in [0.2, 0.25) is 0 Å². The van der Waals surface area contributed by atoms with Crippen molar-refractivity contribution in [3.63, 3.8) is 0 Å². The van der Waals surface area contributed by atoms with Gasteiger partial charge in [0.2, 0.25) is 5.91 Å². The van der Waals surface area contributed by atoms with Crippen LogP contribution >= 0.6 is 0 Å². The van der Waals surface area contributed by atoms with Crippen molar-refractivity contribution in [3.05, 3.63) is 78.1 Å². The first-order chi connectivity index (χ1) is 14.5. The van der Waals surface area contributed by atoms with E-state index >= 15 is 0 Å². The summed E-state index contributed by atoms with van der Waals surface area (Å²) in [6, 6.07) is 16.8. The Morgan fingerprint density at radius 3 is 2.73 bits per heavy atom. The number of rotatable bonds is 3. The number of hydrogen-bond donors (Lipinski definition) is 1. The quantitative estimate of drug-likeness (QED) is 0.716. The van der Waals surface area contributed by atoms with Crippen molar-refractivity contribution in [1.29, 1.82) is 0 Å². The largest absolute Gasteiger partial charge is 0.491 e. The zero-order valence-electron chi connectivity index (χ0n) is 17.0. The van der Waals surface area contributed by atoms with Gasteiger partial charge in [-0.05, 0) is 48.9 Å². The summed E-state index contributed by atoms with van der Waals surface area (Å²) in [5, 5.41) is 2.73. The third kappa shape index (κ3) is 4.17. The molecular formula is C24H23N3O3. The fourth-order valence-corrected chi connectivity index (χ4v) is 3.57. The number of hydrogen-bond acceptors (Lipinski definition) is 4. The Hall–Kier alpha value is -3.67. The van der Waals surface area contributed by atoms with E-state index in [0.29, 0.717) is 24.4 Å². The molecule has 0 unspecified atom stereocenters.